The number of hydrogen-bond acceptors (Lipinski definition) is 3. The summed E-state index contributed by atoms with van der Waals surface area (Å²) < 4.78 is 11.0. The molecule has 0 unspecified atom stereocenters. The fourth-order valence-corrected chi connectivity index (χ4v) is 3.09. The van der Waals surface area contributed by atoms with Gasteiger partial charge in [0.1, 0.15) is 11.5 Å². The number of carbonyl (C=O) groups excluding carboxylic acids is 1. The summed E-state index contributed by atoms with van der Waals surface area (Å²) in [6.07, 6.45) is 0. The third-order valence-corrected chi connectivity index (χ3v) is 4.58. The van der Waals surface area contributed by atoms with Crippen molar-refractivity contribution in [2.45, 2.75) is 26.7 Å². The molecule has 3 aromatic rings. The van der Waals surface area contributed by atoms with Crippen LogP contribution < -0.4 is 14.8 Å². The van der Waals surface area contributed by atoms with Crippen LogP contribution in [0, 0.1) is 6.92 Å². The Hall–Kier alpha value is -3.01. The lowest BCUT2D eigenvalue weighted by Crippen LogP contribution is -2.21. The minimum Gasteiger partial charge on any atom is -0.497 e. The summed E-state index contributed by atoms with van der Waals surface area (Å²) in [4.78, 5) is 12.4. The van der Waals surface area contributed by atoms with Gasteiger partial charge < -0.3 is 14.8 Å². The number of amides is 1. The summed E-state index contributed by atoms with van der Waals surface area (Å²) in [6, 6.07) is 17.7. The van der Waals surface area contributed by atoms with Crippen molar-refractivity contribution < 1.29 is 14.3 Å². The van der Waals surface area contributed by atoms with Crippen molar-refractivity contribution in [2.24, 2.45) is 0 Å². The molecule has 0 radical (unpaired) electrons. The smallest absolute Gasteiger partial charge is 0.262 e. The van der Waals surface area contributed by atoms with Gasteiger partial charge in [0.15, 0.2) is 6.61 Å². The van der Waals surface area contributed by atoms with E-state index in [1.807, 2.05) is 61.5 Å². The molecule has 1 N–H and O–H groups in total. The monoisotopic (exact) mass is 363 g/mol. The highest BCUT2D eigenvalue weighted by Gasteiger charge is 2.12. The molecule has 0 fully saturated rings. The van der Waals surface area contributed by atoms with Crippen molar-refractivity contribution in [2.75, 3.05) is 19.0 Å². The van der Waals surface area contributed by atoms with E-state index in [1.165, 1.54) is 0 Å². The number of nitrogens with one attached hydrogen (secondary N) is 1. The quantitative estimate of drug-likeness (QED) is 0.647. The second kappa shape index (κ2) is 8.12. The van der Waals surface area contributed by atoms with Gasteiger partial charge in [-0.3, -0.25) is 4.79 Å². The van der Waals surface area contributed by atoms with Gasteiger partial charge in [-0.15, -0.1) is 0 Å². The summed E-state index contributed by atoms with van der Waals surface area (Å²) >= 11 is 0. The van der Waals surface area contributed by atoms with Crippen LogP contribution in [0.2, 0.25) is 0 Å². The van der Waals surface area contributed by atoms with Crippen LogP contribution in [0.3, 0.4) is 0 Å². The van der Waals surface area contributed by atoms with E-state index in [-0.39, 0.29) is 12.5 Å². The Kier molecular flexibility index (Phi) is 5.65. The molecular formula is C23H25NO3. The molecular weight excluding hydrogens is 338 g/mol. The van der Waals surface area contributed by atoms with Gasteiger partial charge in [-0.05, 0) is 59.0 Å². The molecule has 3 aromatic carbocycles. The summed E-state index contributed by atoms with van der Waals surface area (Å²) in [7, 11) is 1.64. The Morgan fingerprint density at radius 1 is 1.00 bits per heavy atom. The molecule has 0 spiro atoms. The first-order valence-corrected chi connectivity index (χ1v) is 9.08. The van der Waals surface area contributed by atoms with Crippen LogP contribution in [0.25, 0.3) is 10.8 Å². The normalized spacial score (nSPS) is 10.9. The van der Waals surface area contributed by atoms with E-state index in [4.69, 9.17) is 9.47 Å². The molecule has 0 aliphatic rings. The van der Waals surface area contributed by atoms with Gasteiger partial charge >= 0.3 is 0 Å². The van der Waals surface area contributed by atoms with Crippen LogP contribution in [0.1, 0.15) is 30.9 Å². The van der Waals surface area contributed by atoms with E-state index in [1.54, 1.807) is 7.11 Å². The average molecular weight is 363 g/mol. The third kappa shape index (κ3) is 4.40. The first-order valence-electron chi connectivity index (χ1n) is 9.08. The van der Waals surface area contributed by atoms with Crippen LogP contribution >= 0.6 is 0 Å². The van der Waals surface area contributed by atoms with Crippen molar-refractivity contribution >= 4 is 22.4 Å². The van der Waals surface area contributed by atoms with Gasteiger partial charge in [0, 0.05) is 5.69 Å². The molecule has 27 heavy (non-hydrogen) atoms. The highest BCUT2D eigenvalue weighted by atomic mass is 16.5. The third-order valence-electron chi connectivity index (χ3n) is 4.58. The molecule has 0 saturated heterocycles. The number of aryl methyl sites for hydroxylation is 1. The van der Waals surface area contributed by atoms with Gasteiger partial charge in [-0.25, -0.2) is 0 Å². The second-order valence-corrected chi connectivity index (χ2v) is 6.91. The first-order chi connectivity index (χ1) is 13.0. The van der Waals surface area contributed by atoms with Crippen LogP contribution in [0.4, 0.5) is 5.69 Å². The van der Waals surface area contributed by atoms with Crippen LogP contribution in [-0.2, 0) is 4.79 Å². The molecule has 0 aliphatic carbocycles. The van der Waals surface area contributed by atoms with E-state index < -0.39 is 0 Å². The van der Waals surface area contributed by atoms with E-state index >= 15 is 0 Å². The predicted molar refractivity (Wildman–Crippen MR) is 110 cm³/mol. The Morgan fingerprint density at radius 2 is 1.70 bits per heavy atom. The number of benzene rings is 3. The zero-order valence-corrected chi connectivity index (χ0v) is 16.2. The summed E-state index contributed by atoms with van der Waals surface area (Å²) in [5.41, 5.74) is 3.05. The highest BCUT2D eigenvalue weighted by Crippen LogP contribution is 2.28. The van der Waals surface area contributed by atoms with Crippen LogP contribution in [0.5, 0.6) is 11.5 Å². The minimum absolute atomic E-state index is 0.0403. The zero-order valence-electron chi connectivity index (χ0n) is 16.2. The van der Waals surface area contributed by atoms with Gasteiger partial charge in [0.25, 0.3) is 5.91 Å². The maximum absolute atomic E-state index is 12.4. The fraction of sp³-hybridized carbons (Fsp3) is 0.261. The Bertz CT molecular complexity index is 963. The second-order valence-electron chi connectivity index (χ2n) is 6.91. The zero-order chi connectivity index (χ0) is 19.4. The largest absolute Gasteiger partial charge is 0.497 e. The molecule has 1 amide bonds. The SMILES string of the molecule is COc1ccc2ccc(OCC(=O)Nc3c(C)cccc3C(C)C)cc2c1. The first kappa shape index (κ1) is 18.8. The highest BCUT2D eigenvalue weighted by molar-refractivity contribution is 5.93. The molecule has 0 aliphatic heterocycles. The Labute approximate surface area is 160 Å². The Morgan fingerprint density at radius 3 is 2.41 bits per heavy atom. The molecule has 4 nitrogen and oxygen atoms in total. The molecule has 0 bridgehead atoms. The van der Waals surface area contributed by atoms with Gasteiger partial charge in [-0.2, -0.15) is 0 Å². The minimum atomic E-state index is -0.170. The van der Waals surface area contributed by atoms with Gasteiger partial charge in [0.2, 0.25) is 0 Å². The van der Waals surface area contributed by atoms with E-state index in [9.17, 15) is 4.79 Å². The van der Waals surface area contributed by atoms with Crippen molar-refractivity contribution in [1.82, 2.24) is 0 Å². The lowest BCUT2D eigenvalue weighted by atomic mass is 9.98. The number of carbonyl (C=O) groups is 1. The molecule has 0 atom stereocenters. The fourth-order valence-electron chi connectivity index (χ4n) is 3.09. The number of hydrogen-bond donors (Lipinski definition) is 1. The van der Waals surface area contributed by atoms with Crippen LogP contribution in [0.15, 0.2) is 54.6 Å². The lowest BCUT2D eigenvalue weighted by molar-refractivity contribution is -0.118. The van der Waals surface area contributed by atoms with Crippen molar-refractivity contribution in [3.63, 3.8) is 0 Å². The van der Waals surface area contributed by atoms with Crippen molar-refractivity contribution in [3.05, 3.63) is 65.7 Å². The van der Waals surface area contributed by atoms with E-state index in [2.05, 4.69) is 19.2 Å². The van der Waals surface area contributed by atoms with Crippen molar-refractivity contribution in [3.8, 4) is 11.5 Å². The number of fused-ring (bicyclic) bond motifs is 1. The standard InChI is InChI=1S/C23H25NO3/c1-15(2)21-7-5-6-16(3)23(21)24-22(25)14-27-20-11-9-17-8-10-19(26-4)12-18(17)13-20/h5-13,15H,14H2,1-4H3,(H,24,25). The molecule has 3 rings (SSSR count). The summed E-state index contributed by atoms with van der Waals surface area (Å²) in [5, 5.41) is 5.10. The van der Waals surface area contributed by atoms with E-state index in [0.29, 0.717) is 11.7 Å². The number of para-hydroxylation sites is 1. The number of rotatable bonds is 6. The van der Waals surface area contributed by atoms with Crippen LogP contribution in [-0.4, -0.2) is 19.6 Å². The average Bonchev–Trinajstić information content (AvgIpc) is 2.67. The lowest BCUT2D eigenvalue weighted by Gasteiger charge is -2.16. The maximum Gasteiger partial charge on any atom is 0.262 e. The molecule has 0 aromatic heterocycles. The number of anilines is 1. The number of ether oxygens (including phenoxy) is 2. The maximum atomic E-state index is 12.4. The van der Waals surface area contributed by atoms with Gasteiger partial charge in [0.05, 0.1) is 7.11 Å². The predicted octanol–water partition coefficient (Wildman–Crippen LogP) is 5.30. The summed E-state index contributed by atoms with van der Waals surface area (Å²) in [6.45, 7) is 6.19. The number of methoxy groups -OCH3 is 1. The molecule has 140 valence electrons. The van der Waals surface area contributed by atoms with E-state index in [0.717, 1.165) is 33.3 Å². The Balaban J connectivity index is 1.70. The van der Waals surface area contributed by atoms with Crippen molar-refractivity contribution in [1.29, 1.82) is 0 Å². The summed E-state index contributed by atoms with van der Waals surface area (Å²) in [5.74, 6) is 1.60. The van der Waals surface area contributed by atoms with Gasteiger partial charge in [-0.1, -0.05) is 44.2 Å². The topological polar surface area (TPSA) is 47.6 Å². The molecule has 0 saturated carbocycles. The molecule has 0 heterocycles. The molecule has 4 heteroatoms.